The quantitative estimate of drug-likeness (QED) is 0.0947. The number of ether oxygens (including phenoxy) is 3. The minimum atomic E-state index is -0.565. The van der Waals surface area contributed by atoms with Crippen molar-refractivity contribution in [3.63, 3.8) is 0 Å². The van der Waals surface area contributed by atoms with Crippen molar-refractivity contribution in [3.8, 4) is 5.88 Å². The third-order valence-electron chi connectivity index (χ3n) is 7.42. The highest BCUT2D eigenvalue weighted by Crippen LogP contribution is 2.31. The van der Waals surface area contributed by atoms with E-state index in [9.17, 15) is 4.79 Å². The second kappa shape index (κ2) is 18.6. The van der Waals surface area contributed by atoms with Gasteiger partial charge in [0, 0.05) is 18.9 Å². The number of nitrogens with zero attached hydrogens (tertiary/aromatic N) is 3. The van der Waals surface area contributed by atoms with E-state index in [1.807, 2.05) is 6.92 Å². The first kappa shape index (κ1) is 31.5. The number of carbonyl (C=O) groups excluding carboxylic acids is 1. The van der Waals surface area contributed by atoms with Gasteiger partial charge in [-0.05, 0) is 12.8 Å². The number of rotatable bonds is 20. The lowest BCUT2D eigenvalue weighted by molar-refractivity contribution is -0.944. The van der Waals surface area contributed by atoms with Crippen LogP contribution in [0.4, 0.5) is 4.79 Å². The Labute approximate surface area is 229 Å². The molecular formula is C29H52N3O4S+. The maximum Gasteiger partial charge on any atom is 0.512 e. The highest BCUT2D eigenvalue weighted by molar-refractivity contribution is 6.99. The molecule has 0 amide bonds. The number of hydrogen-bond acceptors (Lipinski definition) is 7. The Morgan fingerprint density at radius 3 is 2.19 bits per heavy atom. The van der Waals surface area contributed by atoms with E-state index in [1.54, 1.807) is 0 Å². The molecule has 0 bridgehead atoms. The smallest absolute Gasteiger partial charge is 0.475 e. The van der Waals surface area contributed by atoms with Crippen LogP contribution in [0.25, 0.3) is 5.57 Å². The third-order valence-corrected chi connectivity index (χ3v) is 7.94. The van der Waals surface area contributed by atoms with Crippen LogP contribution in [-0.4, -0.2) is 59.0 Å². The van der Waals surface area contributed by atoms with Gasteiger partial charge in [0.15, 0.2) is 0 Å². The zero-order valence-corrected chi connectivity index (χ0v) is 24.8. The van der Waals surface area contributed by atoms with Crippen molar-refractivity contribution >= 4 is 23.5 Å². The van der Waals surface area contributed by atoms with Crippen LogP contribution >= 0.6 is 11.7 Å². The lowest BCUT2D eigenvalue weighted by Gasteiger charge is -2.41. The van der Waals surface area contributed by atoms with E-state index in [2.05, 4.69) is 35.7 Å². The molecule has 0 fully saturated rings. The Kier molecular flexibility index (Phi) is 15.8. The van der Waals surface area contributed by atoms with Crippen molar-refractivity contribution < 1.29 is 23.5 Å². The van der Waals surface area contributed by atoms with Gasteiger partial charge in [0.1, 0.15) is 12.2 Å². The molecular weight excluding hydrogens is 486 g/mol. The summed E-state index contributed by atoms with van der Waals surface area (Å²) in [5, 5.41) is 0. The van der Waals surface area contributed by atoms with Crippen LogP contribution in [0.3, 0.4) is 0 Å². The van der Waals surface area contributed by atoms with Gasteiger partial charge in [0.05, 0.1) is 38.5 Å². The molecule has 0 saturated carbocycles. The van der Waals surface area contributed by atoms with Crippen LogP contribution in [0.15, 0.2) is 6.08 Å². The van der Waals surface area contributed by atoms with Gasteiger partial charge in [-0.1, -0.05) is 97.0 Å². The minimum absolute atomic E-state index is 0.311. The number of carbonyl (C=O) groups is 1. The SMILES string of the molecule is CCCCCCCCCCCCOC(=O)O[C@@H](C)[N+]1(C)CCC=C(c2nsnc2OCCCCCC)C1. The van der Waals surface area contributed by atoms with Crippen LogP contribution in [0.1, 0.15) is 123 Å². The Hall–Kier alpha value is -1.67. The van der Waals surface area contributed by atoms with Gasteiger partial charge in [0.2, 0.25) is 6.23 Å². The molecule has 2 rings (SSSR count). The molecule has 8 heteroatoms. The number of aromatic nitrogens is 2. The van der Waals surface area contributed by atoms with Gasteiger partial charge < -0.3 is 14.2 Å². The Balaban J connectivity index is 1.67. The van der Waals surface area contributed by atoms with Gasteiger partial charge in [-0.3, -0.25) is 4.48 Å². The fraction of sp³-hybridized carbons (Fsp3) is 0.828. The zero-order chi connectivity index (χ0) is 26.8. The van der Waals surface area contributed by atoms with Crippen molar-refractivity contribution in [3.05, 3.63) is 11.8 Å². The van der Waals surface area contributed by atoms with Crippen molar-refractivity contribution in [1.29, 1.82) is 0 Å². The Morgan fingerprint density at radius 1 is 0.919 bits per heavy atom. The first-order chi connectivity index (χ1) is 18.0. The number of quaternary nitrogens is 1. The van der Waals surface area contributed by atoms with E-state index in [-0.39, 0.29) is 6.23 Å². The number of hydrogen-bond donors (Lipinski definition) is 0. The summed E-state index contributed by atoms with van der Waals surface area (Å²) in [4.78, 5) is 12.3. The molecule has 1 aromatic heterocycles. The minimum Gasteiger partial charge on any atom is -0.475 e. The number of unbranched alkanes of at least 4 members (excludes halogenated alkanes) is 12. The predicted octanol–water partition coefficient (Wildman–Crippen LogP) is 8.15. The molecule has 1 aliphatic rings. The molecule has 1 aliphatic heterocycles. The molecule has 0 spiro atoms. The van der Waals surface area contributed by atoms with E-state index < -0.39 is 6.16 Å². The average molecular weight is 539 g/mol. The summed E-state index contributed by atoms with van der Waals surface area (Å²) in [6.45, 7) is 9.12. The fourth-order valence-corrected chi connectivity index (χ4v) is 5.29. The topological polar surface area (TPSA) is 70.5 Å². The van der Waals surface area contributed by atoms with Crippen LogP contribution < -0.4 is 4.74 Å². The van der Waals surface area contributed by atoms with E-state index in [0.717, 1.165) is 43.5 Å². The van der Waals surface area contributed by atoms with Gasteiger partial charge in [-0.25, -0.2) is 4.79 Å². The number of likely N-dealkylation sites (N-methyl/N-ethyl adjacent to an activating group) is 1. The lowest BCUT2D eigenvalue weighted by Crippen LogP contribution is -2.55. The molecule has 2 heterocycles. The second-order valence-electron chi connectivity index (χ2n) is 10.7. The van der Waals surface area contributed by atoms with E-state index in [1.165, 1.54) is 82.4 Å². The van der Waals surface area contributed by atoms with E-state index in [0.29, 0.717) is 30.1 Å². The highest BCUT2D eigenvalue weighted by atomic mass is 32.1. The first-order valence-corrected chi connectivity index (χ1v) is 15.6. The molecule has 0 aromatic carbocycles. The molecule has 37 heavy (non-hydrogen) atoms. The summed E-state index contributed by atoms with van der Waals surface area (Å²) in [5.74, 6) is 0.630. The van der Waals surface area contributed by atoms with E-state index in [4.69, 9.17) is 14.2 Å². The predicted molar refractivity (Wildman–Crippen MR) is 152 cm³/mol. The van der Waals surface area contributed by atoms with Crippen LogP contribution in [0.5, 0.6) is 5.88 Å². The van der Waals surface area contributed by atoms with Gasteiger partial charge in [-0.2, -0.15) is 4.37 Å². The Morgan fingerprint density at radius 2 is 1.51 bits per heavy atom. The van der Waals surface area contributed by atoms with Crippen molar-refractivity contribution in [2.45, 2.75) is 123 Å². The molecule has 212 valence electrons. The highest BCUT2D eigenvalue weighted by Gasteiger charge is 2.37. The summed E-state index contributed by atoms with van der Waals surface area (Å²) in [7, 11) is 2.12. The second-order valence-corrected chi connectivity index (χ2v) is 11.2. The molecule has 0 saturated heterocycles. The van der Waals surface area contributed by atoms with Crippen molar-refractivity contribution in [2.75, 3.05) is 33.4 Å². The molecule has 0 N–H and O–H groups in total. The summed E-state index contributed by atoms with van der Waals surface area (Å²) in [5.41, 5.74) is 1.94. The normalized spacial score (nSPS) is 18.3. The largest absolute Gasteiger partial charge is 0.512 e. The molecule has 0 aliphatic carbocycles. The van der Waals surface area contributed by atoms with Crippen LogP contribution in [0.2, 0.25) is 0 Å². The third kappa shape index (κ3) is 12.2. The van der Waals surface area contributed by atoms with Crippen LogP contribution in [0, 0.1) is 0 Å². The molecule has 1 unspecified atom stereocenters. The molecule has 0 radical (unpaired) electrons. The monoisotopic (exact) mass is 538 g/mol. The summed E-state index contributed by atoms with van der Waals surface area (Å²) in [6, 6.07) is 0. The van der Waals surface area contributed by atoms with Gasteiger partial charge >= 0.3 is 6.16 Å². The summed E-state index contributed by atoms with van der Waals surface area (Å²) in [6.07, 6.45) is 19.4. The van der Waals surface area contributed by atoms with E-state index >= 15 is 0 Å². The lowest BCUT2D eigenvalue weighted by atomic mass is 10.0. The summed E-state index contributed by atoms with van der Waals surface area (Å²) < 4.78 is 26.5. The Bertz CT molecular complexity index is 785. The van der Waals surface area contributed by atoms with Gasteiger partial charge in [0.25, 0.3) is 5.88 Å². The first-order valence-electron chi connectivity index (χ1n) is 14.8. The van der Waals surface area contributed by atoms with Gasteiger partial charge in [-0.15, -0.1) is 4.37 Å². The fourth-order valence-electron chi connectivity index (χ4n) is 4.76. The van der Waals surface area contributed by atoms with Crippen molar-refractivity contribution in [1.82, 2.24) is 8.75 Å². The summed E-state index contributed by atoms with van der Waals surface area (Å²) >= 11 is 1.19. The zero-order valence-electron chi connectivity index (χ0n) is 24.0. The maximum atomic E-state index is 12.3. The van der Waals surface area contributed by atoms with Crippen LogP contribution in [-0.2, 0) is 9.47 Å². The standard InChI is InChI=1S/C29H52N3O4S/c1-5-7-9-11-12-13-14-15-16-18-23-35-29(33)36-25(3)32(4)21-19-20-26(24-32)27-28(31-37-30-27)34-22-17-10-8-6-2/h20,25H,5-19,21-24H2,1-4H3/q+1/t25-,32?/m0/s1. The average Bonchev–Trinajstić information content (AvgIpc) is 3.36. The molecule has 2 atom stereocenters. The molecule has 1 aromatic rings. The van der Waals surface area contributed by atoms with Crippen molar-refractivity contribution in [2.24, 2.45) is 0 Å². The maximum absolute atomic E-state index is 12.3. The molecule has 7 nitrogen and oxygen atoms in total.